The molecule has 0 atom stereocenters. The van der Waals surface area contributed by atoms with Gasteiger partial charge in [-0.15, -0.1) is 0 Å². The molecule has 0 aliphatic rings. The first-order chi connectivity index (χ1) is 7.15. The third kappa shape index (κ3) is 1.62. The average Bonchev–Trinajstić information content (AvgIpc) is 2.57. The number of imidazole rings is 1. The highest BCUT2D eigenvalue weighted by Gasteiger charge is 2.11. The minimum absolute atomic E-state index is 0.256. The molecule has 0 N–H and O–H groups in total. The first-order valence-corrected chi connectivity index (χ1v) is 5.15. The van der Waals surface area contributed by atoms with Gasteiger partial charge in [0.25, 0.3) is 0 Å². The normalized spacial score (nSPS) is 10.9. The largest absolute Gasteiger partial charge is 0.303 e. The summed E-state index contributed by atoms with van der Waals surface area (Å²) in [5.41, 5.74) is 1.47. The van der Waals surface area contributed by atoms with E-state index in [2.05, 4.69) is 4.98 Å². The minimum Gasteiger partial charge on any atom is -0.303 e. The molecule has 0 amide bonds. The molecule has 78 valence electrons. The Labute approximate surface area is 96.6 Å². The Hall–Kier alpha value is -1.06. The molecule has 2 aromatic rings. The number of aryl methyl sites for hydroxylation is 1. The van der Waals surface area contributed by atoms with Gasteiger partial charge in [-0.05, 0) is 18.6 Å². The number of aromatic nitrogens is 2. The van der Waals surface area contributed by atoms with Gasteiger partial charge in [-0.3, -0.25) is 4.40 Å². The maximum absolute atomic E-state index is 10.5. The Morgan fingerprint density at radius 3 is 2.93 bits per heavy atom. The molecule has 0 unspecified atom stereocenters. The van der Waals surface area contributed by atoms with Crippen LogP contribution in [0.15, 0.2) is 12.3 Å². The number of carbonyl (C=O) groups excluding carboxylic acids is 1. The van der Waals surface area contributed by atoms with Crippen LogP contribution in [0.1, 0.15) is 11.4 Å². The molecular formula is C10H8Cl2N2O. The van der Waals surface area contributed by atoms with E-state index in [4.69, 9.17) is 23.2 Å². The second-order valence-corrected chi connectivity index (χ2v) is 3.97. The summed E-state index contributed by atoms with van der Waals surface area (Å²) in [4.78, 5) is 14.6. The summed E-state index contributed by atoms with van der Waals surface area (Å²) in [7, 11) is 0. The third-order valence-corrected chi connectivity index (χ3v) is 2.96. The lowest BCUT2D eigenvalue weighted by Gasteiger charge is -2.06. The molecule has 3 nitrogen and oxygen atoms in total. The van der Waals surface area contributed by atoms with Crippen LogP contribution in [0.25, 0.3) is 5.52 Å². The number of hydrogen-bond acceptors (Lipinski definition) is 2. The highest BCUT2D eigenvalue weighted by atomic mass is 35.5. The van der Waals surface area contributed by atoms with Crippen molar-refractivity contribution in [1.82, 2.24) is 9.38 Å². The van der Waals surface area contributed by atoms with Crippen molar-refractivity contribution in [2.24, 2.45) is 0 Å². The van der Waals surface area contributed by atoms with Crippen molar-refractivity contribution in [1.29, 1.82) is 0 Å². The van der Waals surface area contributed by atoms with Gasteiger partial charge >= 0.3 is 0 Å². The van der Waals surface area contributed by atoms with E-state index in [1.165, 1.54) is 0 Å². The number of nitrogens with zero attached hydrogens (tertiary/aromatic N) is 2. The maximum Gasteiger partial charge on any atom is 0.124 e. The fourth-order valence-electron chi connectivity index (χ4n) is 1.52. The molecule has 0 radical (unpaired) electrons. The van der Waals surface area contributed by atoms with E-state index in [0.29, 0.717) is 15.7 Å². The van der Waals surface area contributed by atoms with E-state index in [-0.39, 0.29) is 6.42 Å². The van der Waals surface area contributed by atoms with Gasteiger partial charge in [0.05, 0.1) is 16.7 Å². The van der Waals surface area contributed by atoms with Gasteiger partial charge in [-0.25, -0.2) is 4.98 Å². The molecule has 2 aromatic heterocycles. The van der Waals surface area contributed by atoms with E-state index in [9.17, 15) is 4.79 Å². The topological polar surface area (TPSA) is 34.4 Å². The number of aldehydes is 1. The maximum atomic E-state index is 10.5. The van der Waals surface area contributed by atoms with Gasteiger partial charge in [0.15, 0.2) is 0 Å². The molecular weight excluding hydrogens is 235 g/mol. The van der Waals surface area contributed by atoms with Gasteiger partial charge in [0, 0.05) is 6.42 Å². The van der Waals surface area contributed by atoms with Crippen molar-refractivity contribution < 1.29 is 4.79 Å². The van der Waals surface area contributed by atoms with Crippen LogP contribution in [-0.2, 0) is 11.2 Å². The second-order valence-electron chi connectivity index (χ2n) is 3.21. The van der Waals surface area contributed by atoms with Gasteiger partial charge < -0.3 is 4.79 Å². The van der Waals surface area contributed by atoms with Gasteiger partial charge in [0.2, 0.25) is 0 Å². The smallest absolute Gasteiger partial charge is 0.124 e. The van der Waals surface area contributed by atoms with E-state index < -0.39 is 0 Å². The van der Waals surface area contributed by atoms with Crippen LogP contribution in [0.2, 0.25) is 10.2 Å². The van der Waals surface area contributed by atoms with Gasteiger partial charge in [-0.2, -0.15) is 0 Å². The summed E-state index contributed by atoms with van der Waals surface area (Å²) in [5.74, 6) is 0.754. The summed E-state index contributed by atoms with van der Waals surface area (Å²) in [6.07, 6.45) is 2.72. The summed E-state index contributed by atoms with van der Waals surface area (Å²) in [6.45, 7) is 1.83. The molecule has 2 rings (SSSR count). The quantitative estimate of drug-likeness (QED) is 0.600. The van der Waals surface area contributed by atoms with E-state index in [1.54, 1.807) is 16.7 Å². The van der Waals surface area contributed by atoms with Crippen LogP contribution in [0.5, 0.6) is 0 Å². The molecule has 0 spiro atoms. The summed E-state index contributed by atoms with van der Waals surface area (Å²) < 4.78 is 1.74. The summed E-state index contributed by atoms with van der Waals surface area (Å²) >= 11 is 12.2. The molecule has 2 heterocycles. The van der Waals surface area contributed by atoms with Crippen molar-refractivity contribution >= 4 is 35.0 Å². The van der Waals surface area contributed by atoms with Crippen LogP contribution in [-0.4, -0.2) is 15.7 Å². The van der Waals surface area contributed by atoms with Crippen LogP contribution < -0.4 is 0 Å². The molecule has 0 bridgehead atoms. The van der Waals surface area contributed by atoms with Crippen LogP contribution in [0.3, 0.4) is 0 Å². The molecule has 0 aliphatic heterocycles. The van der Waals surface area contributed by atoms with Crippen LogP contribution in [0.4, 0.5) is 0 Å². The SMILES string of the molecule is Cc1ncc2c(Cl)cc(CC=O)c(Cl)n12. The zero-order valence-corrected chi connectivity index (χ0v) is 9.51. The number of halogens is 2. The predicted octanol–water partition coefficient (Wildman–Crippen LogP) is 2.69. The minimum atomic E-state index is 0.256. The fourth-order valence-corrected chi connectivity index (χ4v) is 2.13. The summed E-state index contributed by atoms with van der Waals surface area (Å²) in [6, 6.07) is 1.70. The van der Waals surface area contributed by atoms with Crippen molar-refractivity contribution in [3.63, 3.8) is 0 Å². The lowest BCUT2D eigenvalue weighted by molar-refractivity contribution is -0.107. The first kappa shape index (κ1) is 10.5. The number of fused-ring (bicyclic) bond motifs is 1. The predicted molar refractivity (Wildman–Crippen MR) is 59.7 cm³/mol. The monoisotopic (exact) mass is 242 g/mol. The van der Waals surface area contributed by atoms with Crippen molar-refractivity contribution in [3.8, 4) is 0 Å². The number of hydrogen-bond donors (Lipinski definition) is 0. The summed E-state index contributed by atoms with van der Waals surface area (Å²) in [5, 5.41) is 1.05. The molecule has 0 aliphatic carbocycles. The van der Waals surface area contributed by atoms with E-state index >= 15 is 0 Å². The fraction of sp³-hybridized carbons (Fsp3) is 0.200. The Balaban J connectivity index is 2.81. The van der Waals surface area contributed by atoms with E-state index in [1.807, 2.05) is 6.92 Å². The van der Waals surface area contributed by atoms with E-state index in [0.717, 1.165) is 17.6 Å². The van der Waals surface area contributed by atoms with Crippen molar-refractivity contribution in [2.45, 2.75) is 13.3 Å². The number of rotatable bonds is 2. The van der Waals surface area contributed by atoms with Crippen molar-refractivity contribution in [3.05, 3.63) is 33.8 Å². The zero-order chi connectivity index (χ0) is 11.0. The molecule has 5 heteroatoms. The molecule has 0 saturated heterocycles. The number of carbonyl (C=O) groups is 1. The zero-order valence-electron chi connectivity index (χ0n) is 8.00. The second kappa shape index (κ2) is 3.83. The Bertz CT molecular complexity index is 534. The standard InChI is InChI=1S/C10H8Cl2N2O/c1-6-13-5-9-8(11)4-7(2-3-15)10(12)14(6)9/h3-5H,2H2,1H3. The lowest BCUT2D eigenvalue weighted by atomic mass is 10.2. The molecule has 0 saturated carbocycles. The van der Waals surface area contributed by atoms with Crippen LogP contribution >= 0.6 is 23.2 Å². The molecule has 15 heavy (non-hydrogen) atoms. The average molecular weight is 243 g/mol. The van der Waals surface area contributed by atoms with Crippen LogP contribution in [0, 0.1) is 6.92 Å². The Morgan fingerprint density at radius 2 is 2.27 bits per heavy atom. The number of pyridine rings is 1. The highest BCUT2D eigenvalue weighted by molar-refractivity contribution is 6.35. The Kier molecular flexibility index (Phi) is 2.67. The molecule has 0 aromatic carbocycles. The van der Waals surface area contributed by atoms with Crippen molar-refractivity contribution in [2.75, 3.05) is 0 Å². The first-order valence-electron chi connectivity index (χ1n) is 4.39. The van der Waals surface area contributed by atoms with Gasteiger partial charge in [0.1, 0.15) is 17.3 Å². The highest BCUT2D eigenvalue weighted by Crippen LogP contribution is 2.27. The Morgan fingerprint density at radius 1 is 1.53 bits per heavy atom. The third-order valence-electron chi connectivity index (χ3n) is 2.25. The van der Waals surface area contributed by atoms with Gasteiger partial charge in [-0.1, -0.05) is 23.2 Å². The lowest BCUT2D eigenvalue weighted by Crippen LogP contribution is -1.97. The molecule has 0 fully saturated rings.